The molecule has 4 N–H and O–H groups in total. The number of aromatic amines is 2. The summed E-state index contributed by atoms with van der Waals surface area (Å²) in [5, 5.41) is 8.61. The number of carbonyl (C=O) groups excluding carboxylic acids is 4. The van der Waals surface area contributed by atoms with Crippen molar-refractivity contribution in [3.63, 3.8) is 0 Å². The number of fused-ring (bicyclic) bond motifs is 1. The van der Waals surface area contributed by atoms with E-state index in [9.17, 15) is 19.2 Å². The number of aromatic nitrogens is 4. The first-order valence-corrected chi connectivity index (χ1v) is 20.4. The highest BCUT2D eigenvalue weighted by atomic mass is 32.1. The molecule has 0 unspecified atom stereocenters. The Morgan fingerprint density at radius 1 is 0.702 bits per heavy atom. The largest absolute Gasteiger partial charge is 0.453 e. The number of hydrogen-bond donors (Lipinski definition) is 4. The third-order valence-corrected chi connectivity index (χ3v) is 12.0. The van der Waals surface area contributed by atoms with Gasteiger partial charge in [-0.2, -0.15) is 0 Å². The summed E-state index contributed by atoms with van der Waals surface area (Å²) < 4.78 is 10.7. The van der Waals surface area contributed by atoms with E-state index in [1.54, 1.807) is 11.3 Å². The van der Waals surface area contributed by atoms with Crippen LogP contribution < -0.4 is 10.6 Å². The lowest BCUT2D eigenvalue weighted by atomic mass is 9.98. The van der Waals surface area contributed by atoms with Gasteiger partial charge in [0.2, 0.25) is 11.8 Å². The van der Waals surface area contributed by atoms with Crippen LogP contribution in [0.2, 0.25) is 0 Å². The van der Waals surface area contributed by atoms with E-state index >= 15 is 0 Å². The average Bonchev–Trinajstić information content (AvgIpc) is 4.07. The van der Waals surface area contributed by atoms with Crippen molar-refractivity contribution in [2.75, 3.05) is 27.3 Å². The number of amides is 4. The van der Waals surface area contributed by atoms with Gasteiger partial charge in [-0.1, -0.05) is 64.1 Å². The molecule has 0 radical (unpaired) electrons. The first-order valence-electron chi connectivity index (χ1n) is 19.5. The van der Waals surface area contributed by atoms with E-state index in [0.717, 1.165) is 81.1 Å². The normalized spacial score (nSPS) is 18.0. The van der Waals surface area contributed by atoms with Crippen molar-refractivity contribution in [1.82, 2.24) is 40.4 Å². The zero-order chi connectivity index (χ0) is 40.4. The van der Waals surface area contributed by atoms with Gasteiger partial charge in [-0.05, 0) is 65.7 Å². The Hall–Kier alpha value is -5.70. The lowest BCUT2D eigenvalue weighted by molar-refractivity contribution is -0.136. The number of methoxy groups -OCH3 is 2. The second-order valence-electron chi connectivity index (χ2n) is 15.4. The maximum atomic E-state index is 13.7. The molecule has 14 nitrogen and oxygen atoms in total. The number of carbonyl (C=O) groups is 4. The van der Waals surface area contributed by atoms with Crippen LogP contribution in [0.4, 0.5) is 9.59 Å². The molecule has 2 aliphatic heterocycles. The predicted molar refractivity (Wildman–Crippen MR) is 218 cm³/mol. The molecule has 2 aliphatic rings. The molecule has 57 heavy (non-hydrogen) atoms. The van der Waals surface area contributed by atoms with Crippen molar-refractivity contribution in [1.29, 1.82) is 0 Å². The number of nitrogens with zero attached hydrogens (tertiary/aromatic N) is 4. The maximum Gasteiger partial charge on any atom is 0.407 e. The predicted octanol–water partition coefficient (Wildman–Crippen LogP) is 7.44. The van der Waals surface area contributed by atoms with Crippen molar-refractivity contribution in [2.24, 2.45) is 11.8 Å². The first-order chi connectivity index (χ1) is 27.5. The fourth-order valence-corrected chi connectivity index (χ4v) is 8.99. The van der Waals surface area contributed by atoms with Crippen molar-refractivity contribution in [3.05, 3.63) is 71.9 Å². The molecule has 3 aromatic heterocycles. The Bertz CT molecular complexity index is 2240. The summed E-state index contributed by atoms with van der Waals surface area (Å²) in [5.74, 6) is 0.947. The molecule has 0 spiro atoms. The van der Waals surface area contributed by atoms with Gasteiger partial charge in [-0.15, -0.1) is 11.3 Å². The van der Waals surface area contributed by atoms with Gasteiger partial charge in [0, 0.05) is 28.7 Å². The molecule has 4 amide bonds. The Balaban J connectivity index is 1.07. The summed E-state index contributed by atoms with van der Waals surface area (Å²) in [6, 6.07) is 12.9. The van der Waals surface area contributed by atoms with Gasteiger partial charge in [-0.25, -0.2) is 19.6 Å². The minimum absolute atomic E-state index is 0.108. The average molecular weight is 795 g/mol. The van der Waals surface area contributed by atoms with Crippen LogP contribution >= 0.6 is 11.3 Å². The fourth-order valence-electron chi connectivity index (χ4n) is 8.03. The smallest absolute Gasteiger partial charge is 0.407 e. The van der Waals surface area contributed by atoms with E-state index in [-0.39, 0.29) is 35.7 Å². The van der Waals surface area contributed by atoms with E-state index in [0.29, 0.717) is 13.1 Å². The van der Waals surface area contributed by atoms with Gasteiger partial charge >= 0.3 is 12.2 Å². The molecule has 0 aliphatic carbocycles. The van der Waals surface area contributed by atoms with E-state index in [1.807, 2.05) is 49.9 Å². The number of nitrogens with one attached hydrogen (secondary N) is 4. The SMILES string of the molecule is COC(=O)N[C@H](C(=O)N1CCC[C@H]1c1ncc(-c2ccc(-c3ccc(-c4cnc([C@@H]5CCCN5C(=O)[C@@H](NC(=O)OC)C(C)C)[nH]4)c4ccsc34)cc2)[nH]1)C(C)C. The number of thiophene rings is 1. The van der Waals surface area contributed by atoms with Crippen LogP contribution in [0.5, 0.6) is 0 Å². The highest BCUT2D eigenvalue weighted by molar-refractivity contribution is 7.17. The lowest BCUT2D eigenvalue weighted by Gasteiger charge is -2.30. The Morgan fingerprint density at radius 3 is 1.72 bits per heavy atom. The molecule has 5 aromatic rings. The van der Waals surface area contributed by atoms with Crippen molar-refractivity contribution in [3.8, 4) is 33.6 Å². The number of rotatable bonds is 11. The topological polar surface area (TPSA) is 175 Å². The highest BCUT2D eigenvalue weighted by Gasteiger charge is 2.39. The molecule has 300 valence electrons. The number of H-pyrrole nitrogens is 2. The van der Waals surface area contributed by atoms with E-state index in [2.05, 4.69) is 68.4 Å². The zero-order valence-corrected chi connectivity index (χ0v) is 33.9. The molecule has 2 aromatic carbocycles. The third-order valence-electron chi connectivity index (χ3n) is 11.1. The van der Waals surface area contributed by atoms with E-state index < -0.39 is 24.3 Å². The Morgan fingerprint density at radius 2 is 1.19 bits per heavy atom. The summed E-state index contributed by atoms with van der Waals surface area (Å²) in [6.45, 7) is 8.80. The number of likely N-dealkylation sites (tertiary alicyclic amines) is 2. The summed E-state index contributed by atoms with van der Waals surface area (Å²) >= 11 is 1.68. The van der Waals surface area contributed by atoms with Crippen LogP contribution in [0.15, 0.2) is 60.2 Å². The highest BCUT2D eigenvalue weighted by Crippen LogP contribution is 2.40. The monoisotopic (exact) mass is 794 g/mol. The molecule has 15 heteroatoms. The standard InChI is InChI=1S/C42H50N8O6S/c1-23(2)34(47-41(53)55-5)39(51)49-18-7-9-32(49)37-43-21-30(45-37)26-13-11-25(12-14-26)27-15-16-28(29-17-20-57-36(27)29)31-22-44-38(46-31)33-10-8-19-50(33)40(52)35(24(3)4)48-42(54)56-6/h11-17,20-24,32-35H,7-10,18-19H2,1-6H3,(H,43,45)(H,44,46)(H,47,53)(H,48,54)/t32-,33-,34-,35-/m0/s1. The number of alkyl carbamates (subject to hydrolysis) is 2. The van der Waals surface area contributed by atoms with Crippen LogP contribution in [0, 0.1) is 11.8 Å². The second-order valence-corrected chi connectivity index (χ2v) is 16.3. The summed E-state index contributed by atoms with van der Waals surface area (Å²) in [5.41, 5.74) is 5.93. The van der Waals surface area contributed by atoms with Crippen LogP contribution in [0.25, 0.3) is 43.7 Å². The van der Waals surface area contributed by atoms with Crippen molar-refractivity contribution in [2.45, 2.75) is 77.5 Å². The Kier molecular flexibility index (Phi) is 11.7. The van der Waals surface area contributed by atoms with Gasteiger partial charge in [0.05, 0.1) is 50.1 Å². The van der Waals surface area contributed by atoms with Gasteiger partial charge in [0.15, 0.2) is 0 Å². The van der Waals surface area contributed by atoms with E-state index in [1.165, 1.54) is 14.2 Å². The van der Waals surface area contributed by atoms with Gasteiger partial charge < -0.3 is 39.9 Å². The number of benzene rings is 2. The molecule has 2 fully saturated rings. The van der Waals surface area contributed by atoms with Crippen LogP contribution in [0.3, 0.4) is 0 Å². The quantitative estimate of drug-likeness (QED) is 0.107. The summed E-state index contributed by atoms with van der Waals surface area (Å²) in [6.07, 6.45) is 5.64. The molecule has 7 rings (SSSR count). The van der Waals surface area contributed by atoms with Gasteiger partial charge in [0.1, 0.15) is 23.7 Å². The minimum atomic E-state index is -0.696. The number of imidazole rings is 2. The molecular weight excluding hydrogens is 745 g/mol. The summed E-state index contributed by atoms with van der Waals surface area (Å²) in [4.78, 5) is 71.3. The van der Waals surface area contributed by atoms with Crippen molar-refractivity contribution >= 4 is 45.4 Å². The van der Waals surface area contributed by atoms with Crippen LogP contribution in [-0.4, -0.2) is 93.1 Å². The van der Waals surface area contributed by atoms with Gasteiger partial charge in [-0.3, -0.25) is 9.59 Å². The molecule has 0 saturated carbocycles. The Labute approximate surface area is 335 Å². The fraction of sp³-hybridized carbons (Fsp3) is 0.429. The molecular formula is C42H50N8O6S. The van der Waals surface area contributed by atoms with Crippen LogP contribution in [0.1, 0.15) is 77.1 Å². The maximum absolute atomic E-state index is 13.7. The van der Waals surface area contributed by atoms with E-state index in [4.69, 9.17) is 19.4 Å². The molecule has 0 bridgehead atoms. The zero-order valence-electron chi connectivity index (χ0n) is 33.1. The summed E-state index contributed by atoms with van der Waals surface area (Å²) in [7, 11) is 2.58. The molecule has 2 saturated heterocycles. The first kappa shape index (κ1) is 39.5. The van der Waals surface area contributed by atoms with Crippen LogP contribution in [-0.2, 0) is 19.1 Å². The minimum Gasteiger partial charge on any atom is -0.453 e. The third kappa shape index (κ3) is 7.98. The number of ether oxygens (including phenoxy) is 2. The molecule has 4 atom stereocenters. The lowest BCUT2D eigenvalue weighted by Crippen LogP contribution is -2.51. The van der Waals surface area contributed by atoms with Crippen molar-refractivity contribution < 1.29 is 28.7 Å². The number of hydrogen-bond acceptors (Lipinski definition) is 9. The molecule has 5 heterocycles. The van der Waals surface area contributed by atoms with Gasteiger partial charge in [0.25, 0.3) is 0 Å². The second kappa shape index (κ2) is 16.8.